The van der Waals surface area contributed by atoms with Gasteiger partial charge in [-0.3, -0.25) is 0 Å². The van der Waals surface area contributed by atoms with Crippen molar-refractivity contribution in [2.75, 3.05) is 36.4 Å². The van der Waals surface area contributed by atoms with Crippen LogP contribution in [0.3, 0.4) is 0 Å². The van der Waals surface area contributed by atoms with Crippen LogP contribution in [0.15, 0.2) is 24.3 Å². The third-order valence-electron chi connectivity index (χ3n) is 6.17. The van der Waals surface area contributed by atoms with Crippen molar-refractivity contribution >= 4 is 17.4 Å². The average molecular weight is 327 g/mol. The van der Waals surface area contributed by atoms with E-state index in [1.807, 2.05) is 17.0 Å². The number of anilines is 2. The SMILES string of the molecule is O=C(Nc1ccccc1N1CCCC1)N1CC[C@H]2CCCC[C@H]2C1. The van der Waals surface area contributed by atoms with Gasteiger partial charge in [-0.25, -0.2) is 4.79 Å². The second kappa shape index (κ2) is 7.04. The minimum atomic E-state index is 0.0886. The van der Waals surface area contributed by atoms with Gasteiger partial charge in [0.1, 0.15) is 0 Å². The Bertz CT molecular complexity index is 582. The zero-order valence-electron chi connectivity index (χ0n) is 14.5. The molecule has 130 valence electrons. The van der Waals surface area contributed by atoms with E-state index in [4.69, 9.17) is 0 Å². The average Bonchev–Trinajstić information content (AvgIpc) is 3.16. The van der Waals surface area contributed by atoms with Crippen LogP contribution >= 0.6 is 0 Å². The Morgan fingerprint density at radius 1 is 0.917 bits per heavy atom. The van der Waals surface area contributed by atoms with Gasteiger partial charge in [-0.15, -0.1) is 0 Å². The molecule has 2 heterocycles. The van der Waals surface area contributed by atoms with Crippen molar-refractivity contribution in [3.05, 3.63) is 24.3 Å². The topological polar surface area (TPSA) is 35.6 Å². The van der Waals surface area contributed by atoms with Gasteiger partial charge in [0.2, 0.25) is 0 Å². The number of para-hydroxylation sites is 2. The summed E-state index contributed by atoms with van der Waals surface area (Å²) in [5.41, 5.74) is 2.14. The van der Waals surface area contributed by atoms with E-state index in [1.54, 1.807) is 0 Å². The number of urea groups is 1. The fourth-order valence-corrected chi connectivity index (χ4v) is 4.79. The Balaban J connectivity index is 1.43. The molecular weight excluding hydrogens is 298 g/mol. The second-order valence-electron chi connectivity index (χ2n) is 7.68. The largest absolute Gasteiger partial charge is 0.370 e. The van der Waals surface area contributed by atoms with Crippen molar-refractivity contribution in [2.45, 2.75) is 44.9 Å². The lowest BCUT2D eigenvalue weighted by Gasteiger charge is -2.41. The summed E-state index contributed by atoms with van der Waals surface area (Å²) < 4.78 is 0. The molecule has 2 atom stereocenters. The van der Waals surface area contributed by atoms with Gasteiger partial charge < -0.3 is 15.1 Å². The van der Waals surface area contributed by atoms with Gasteiger partial charge in [0.15, 0.2) is 0 Å². The van der Waals surface area contributed by atoms with Gasteiger partial charge >= 0.3 is 6.03 Å². The molecular formula is C20H29N3O. The van der Waals surface area contributed by atoms with Crippen LogP contribution in [0.4, 0.5) is 16.2 Å². The molecule has 2 aliphatic heterocycles. The highest BCUT2D eigenvalue weighted by Crippen LogP contribution is 2.36. The van der Waals surface area contributed by atoms with Crippen LogP contribution < -0.4 is 10.2 Å². The van der Waals surface area contributed by atoms with E-state index < -0.39 is 0 Å². The number of carbonyl (C=O) groups is 1. The number of carbonyl (C=O) groups excluding carboxylic acids is 1. The molecule has 3 aliphatic rings. The van der Waals surface area contributed by atoms with Gasteiger partial charge in [0.25, 0.3) is 0 Å². The Morgan fingerprint density at radius 2 is 1.67 bits per heavy atom. The highest BCUT2D eigenvalue weighted by atomic mass is 16.2. The van der Waals surface area contributed by atoms with Crippen molar-refractivity contribution in [2.24, 2.45) is 11.8 Å². The van der Waals surface area contributed by atoms with Gasteiger partial charge in [0, 0.05) is 26.2 Å². The van der Waals surface area contributed by atoms with Crippen LogP contribution in [0.2, 0.25) is 0 Å². The van der Waals surface area contributed by atoms with Crippen LogP contribution in [0, 0.1) is 11.8 Å². The molecule has 0 spiro atoms. The number of hydrogen-bond acceptors (Lipinski definition) is 2. The minimum Gasteiger partial charge on any atom is -0.370 e. The first kappa shape index (κ1) is 15.8. The predicted molar refractivity (Wildman–Crippen MR) is 98.5 cm³/mol. The minimum absolute atomic E-state index is 0.0886. The van der Waals surface area contributed by atoms with Gasteiger partial charge in [-0.2, -0.15) is 0 Å². The number of nitrogens with zero attached hydrogens (tertiary/aromatic N) is 2. The third-order valence-corrected chi connectivity index (χ3v) is 6.17. The molecule has 1 N–H and O–H groups in total. The zero-order chi connectivity index (χ0) is 16.4. The molecule has 4 nitrogen and oxygen atoms in total. The van der Waals surface area contributed by atoms with Crippen LogP contribution in [-0.4, -0.2) is 37.1 Å². The zero-order valence-corrected chi connectivity index (χ0v) is 14.5. The van der Waals surface area contributed by atoms with Crippen molar-refractivity contribution < 1.29 is 4.79 Å². The number of rotatable bonds is 2. The highest BCUT2D eigenvalue weighted by Gasteiger charge is 2.33. The lowest BCUT2D eigenvalue weighted by Crippen LogP contribution is -2.46. The second-order valence-corrected chi connectivity index (χ2v) is 7.68. The Morgan fingerprint density at radius 3 is 2.50 bits per heavy atom. The summed E-state index contributed by atoms with van der Waals surface area (Å²) in [6.45, 7) is 4.06. The molecule has 0 bridgehead atoms. The standard InChI is InChI=1S/C20H29N3O/c24-20(23-14-11-16-7-1-2-8-17(16)15-23)21-18-9-3-4-10-19(18)22-12-5-6-13-22/h3-4,9-10,16-17H,1-2,5-8,11-15H2,(H,21,24)/t16-,17+/m1/s1. The summed E-state index contributed by atoms with van der Waals surface area (Å²) in [7, 11) is 0. The monoisotopic (exact) mass is 327 g/mol. The number of piperidine rings is 1. The quantitative estimate of drug-likeness (QED) is 0.877. The number of hydrogen-bond donors (Lipinski definition) is 1. The first-order valence-electron chi connectivity index (χ1n) is 9.71. The summed E-state index contributed by atoms with van der Waals surface area (Å²) in [6, 6.07) is 8.35. The molecule has 24 heavy (non-hydrogen) atoms. The first-order valence-corrected chi connectivity index (χ1v) is 9.71. The highest BCUT2D eigenvalue weighted by molar-refractivity contribution is 5.93. The number of benzene rings is 1. The Kier molecular flexibility index (Phi) is 4.63. The molecule has 2 amide bonds. The van der Waals surface area contributed by atoms with Crippen molar-refractivity contribution in [1.29, 1.82) is 0 Å². The van der Waals surface area contributed by atoms with Crippen LogP contribution in [0.25, 0.3) is 0 Å². The molecule has 4 heteroatoms. The van der Waals surface area contributed by atoms with Gasteiger partial charge in [0.05, 0.1) is 11.4 Å². The van der Waals surface area contributed by atoms with E-state index in [-0.39, 0.29) is 6.03 Å². The summed E-state index contributed by atoms with van der Waals surface area (Å²) in [4.78, 5) is 17.2. The number of likely N-dealkylation sites (tertiary alicyclic amines) is 1. The fraction of sp³-hybridized carbons (Fsp3) is 0.650. The number of nitrogens with one attached hydrogen (secondary N) is 1. The smallest absolute Gasteiger partial charge is 0.321 e. The molecule has 0 unspecified atom stereocenters. The lowest BCUT2D eigenvalue weighted by atomic mass is 9.75. The van der Waals surface area contributed by atoms with Gasteiger partial charge in [-0.1, -0.05) is 31.4 Å². The maximum atomic E-state index is 12.8. The van der Waals surface area contributed by atoms with E-state index in [1.165, 1.54) is 50.6 Å². The van der Waals surface area contributed by atoms with Crippen molar-refractivity contribution in [3.8, 4) is 0 Å². The molecule has 2 saturated heterocycles. The summed E-state index contributed by atoms with van der Waals surface area (Å²) in [5.74, 6) is 1.59. The molecule has 0 aromatic heterocycles. The van der Waals surface area contributed by atoms with Crippen LogP contribution in [0.5, 0.6) is 0 Å². The predicted octanol–water partition coefficient (Wildman–Crippen LogP) is 4.33. The van der Waals surface area contributed by atoms with E-state index in [2.05, 4.69) is 22.3 Å². The lowest BCUT2D eigenvalue weighted by molar-refractivity contribution is 0.108. The normalized spacial score (nSPS) is 27.0. The molecule has 4 rings (SSSR count). The number of amides is 2. The first-order chi connectivity index (χ1) is 11.8. The van der Waals surface area contributed by atoms with E-state index in [0.29, 0.717) is 0 Å². The molecule has 0 radical (unpaired) electrons. The maximum Gasteiger partial charge on any atom is 0.321 e. The molecule has 1 saturated carbocycles. The summed E-state index contributed by atoms with van der Waals surface area (Å²) >= 11 is 0. The molecule has 1 aliphatic carbocycles. The third kappa shape index (κ3) is 3.24. The van der Waals surface area contributed by atoms with Crippen molar-refractivity contribution in [3.63, 3.8) is 0 Å². The Hall–Kier alpha value is -1.71. The van der Waals surface area contributed by atoms with E-state index >= 15 is 0 Å². The maximum absolute atomic E-state index is 12.8. The molecule has 1 aromatic carbocycles. The van der Waals surface area contributed by atoms with Crippen LogP contribution in [-0.2, 0) is 0 Å². The number of fused-ring (bicyclic) bond motifs is 1. The Labute approximate surface area is 145 Å². The summed E-state index contributed by atoms with van der Waals surface area (Å²) in [5, 5.41) is 3.20. The molecule has 3 fully saturated rings. The van der Waals surface area contributed by atoms with E-state index in [0.717, 1.165) is 43.7 Å². The molecule has 1 aromatic rings. The van der Waals surface area contributed by atoms with Gasteiger partial charge in [-0.05, 0) is 49.7 Å². The fourth-order valence-electron chi connectivity index (χ4n) is 4.79. The van der Waals surface area contributed by atoms with Crippen LogP contribution in [0.1, 0.15) is 44.9 Å². The summed E-state index contributed by atoms with van der Waals surface area (Å²) in [6.07, 6.45) is 9.09. The van der Waals surface area contributed by atoms with Crippen molar-refractivity contribution in [1.82, 2.24) is 4.90 Å². The van der Waals surface area contributed by atoms with E-state index in [9.17, 15) is 4.79 Å².